The molecule has 0 fully saturated rings. The second-order valence-corrected chi connectivity index (χ2v) is 7.82. The highest BCUT2D eigenvalue weighted by atomic mass is 35.5. The molecule has 0 saturated heterocycles. The number of rotatable bonds is 8. The molecule has 6 nitrogen and oxygen atoms in total. The molecular weight excluding hydrogens is 438 g/mol. The van der Waals surface area contributed by atoms with Crippen molar-refractivity contribution in [3.05, 3.63) is 101 Å². The summed E-state index contributed by atoms with van der Waals surface area (Å²) in [5.41, 5.74) is 3.62. The number of urea groups is 1. The molecule has 0 aliphatic carbocycles. The predicted octanol–water partition coefficient (Wildman–Crippen LogP) is 6.58. The highest BCUT2D eigenvalue weighted by Crippen LogP contribution is 2.21. The number of carbonyl (C=O) groups excluding carboxylic acids is 2. The van der Waals surface area contributed by atoms with E-state index in [1.807, 2.05) is 49.4 Å². The highest BCUT2D eigenvalue weighted by molar-refractivity contribution is 6.34. The molecule has 0 aromatic heterocycles. The number of carbonyl (C=O) groups is 2. The summed E-state index contributed by atoms with van der Waals surface area (Å²) in [7, 11) is 0. The molecule has 3 aromatic carbocycles. The molecule has 3 amide bonds. The Kier molecular flexibility index (Phi) is 8.61. The Bertz CT molecular complexity index is 1120. The van der Waals surface area contributed by atoms with E-state index in [4.69, 9.17) is 16.4 Å². The van der Waals surface area contributed by atoms with Crippen molar-refractivity contribution in [2.75, 3.05) is 5.32 Å². The van der Waals surface area contributed by atoms with Crippen LogP contribution < -0.4 is 10.6 Å². The minimum Gasteiger partial charge on any atom is -0.388 e. The van der Waals surface area contributed by atoms with Crippen LogP contribution >= 0.6 is 11.6 Å². The monoisotopic (exact) mass is 463 g/mol. The van der Waals surface area contributed by atoms with E-state index in [0.29, 0.717) is 5.69 Å². The van der Waals surface area contributed by atoms with Gasteiger partial charge in [-0.25, -0.2) is 4.79 Å². The summed E-state index contributed by atoms with van der Waals surface area (Å²) in [6.45, 7) is 4.02. The topological polar surface area (TPSA) is 79.8 Å². The fourth-order valence-electron chi connectivity index (χ4n) is 3.13. The molecule has 1 atom stereocenters. The van der Waals surface area contributed by atoms with Gasteiger partial charge in [-0.1, -0.05) is 84.7 Å². The Labute approximate surface area is 198 Å². The smallest absolute Gasteiger partial charge is 0.326 e. The lowest BCUT2D eigenvalue weighted by Crippen LogP contribution is -2.34. The van der Waals surface area contributed by atoms with E-state index in [2.05, 4.69) is 22.7 Å². The number of hydrogen-bond acceptors (Lipinski definition) is 4. The predicted molar refractivity (Wildman–Crippen MR) is 132 cm³/mol. The molecule has 3 rings (SSSR count). The number of hydrogen-bond donors (Lipinski definition) is 2. The van der Waals surface area contributed by atoms with E-state index >= 15 is 0 Å². The van der Waals surface area contributed by atoms with Gasteiger partial charge in [0.1, 0.15) is 6.10 Å². The van der Waals surface area contributed by atoms with Crippen LogP contribution in [0.1, 0.15) is 54.3 Å². The van der Waals surface area contributed by atoms with Crippen LogP contribution in [0.3, 0.4) is 0 Å². The molecule has 7 heteroatoms. The number of nitrogens with one attached hydrogen (secondary N) is 2. The van der Waals surface area contributed by atoms with E-state index in [-0.39, 0.29) is 16.7 Å². The minimum absolute atomic E-state index is 0.231. The molecule has 0 bridgehead atoms. The van der Waals surface area contributed by atoms with Crippen LogP contribution in [0.4, 0.5) is 10.5 Å². The second-order valence-electron chi connectivity index (χ2n) is 7.41. The maximum Gasteiger partial charge on any atom is 0.326 e. The van der Waals surface area contributed by atoms with Crippen molar-refractivity contribution in [3.63, 3.8) is 0 Å². The van der Waals surface area contributed by atoms with E-state index in [9.17, 15) is 9.59 Å². The molecule has 33 heavy (non-hydrogen) atoms. The molecule has 0 aliphatic rings. The first-order valence-corrected chi connectivity index (χ1v) is 11.1. The van der Waals surface area contributed by atoms with Crippen LogP contribution in [0, 0.1) is 0 Å². The lowest BCUT2D eigenvalue weighted by atomic mass is 10.1. The first kappa shape index (κ1) is 24.0. The molecule has 2 N–H and O–H groups in total. The summed E-state index contributed by atoms with van der Waals surface area (Å²) >= 11 is 5.99. The van der Waals surface area contributed by atoms with Gasteiger partial charge >= 0.3 is 6.03 Å². The fraction of sp³-hybridized carbons (Fsp3) is 0.192. The fourth-order valence-corrected chi connectivity index (χ4v) is 3.35. The van der Waals surface area contributed by atoms with Crippen LogP contribution in [-0.2, 0) is 4.84 Å². The third-order valence-electron chi connectivity index (χ3n) is 4.90. The van der Waals surface area contributed by atoms with Crippen LogP contribution in [0.5, 0.6) is 0 Å². The normalized spacial score (nSPS) is 12.0. The first-order chi connectivity index (χ1) is 16.0. The number of benzene rings is 3. The molecule has 0 heterocycles. The van der Waals surface area contributed by atoms with Gasteiger partial charge < -0.3 is 10.2 Å². The summed E-state index contributed by atoms with van der Waals surface area (Å²) < 4.78 is 0. The largest absolute Gasteiger partial charge is 0.388 e. The highest BCUT2D eigenvalue weighted by Gasteiger charge is 2.14. The number of amides is 3. The van der Waals surface area contributed by atoms with Gasteiger partial charge in [0.05, 0.1) is 16.3 Å². The minimum atomic E-state index is -0.645. The Morgan fingerprint density at radius 1 is 0.970 bits per heavy atom. The average Bonchev–Trinajstić information content (AvgIpc) is 2.82. The Morgan fingerprint density at radius 2 is 1.64 bits per heavy atom. The third-order valence-corrected chi connectivity index (χ3v) is 5.23. The number of anilines is 1. The molecule has 3 aromatic rings. The molecule has 0 radical (unpaired) electrons. The average molecular weight is 464 g/mol. The molecule has 0 spiro atoms. The lowest BCUT2D eigenvalue weighted by Gasteiger charge is -2.13. The van der Waals surface area contributed by atoms with Crippen molar-refractivity contribution < 1.29 is 14.4 Å². The van der Waals surface area contributed by atoms with Crippen molar-refractivity contribution in [3.8, 4) is 0 Å². The van der Waals surface area contributed by atoms with Crippen LogP contribution in [0.25, 0.3) is 0 Å². The van der Waals surface area contributed by atoms with Gasteiger partial charge in [0.25, 0.3) is 5.91 Å². The molecule has 170 valence electrons. The number of halogens is 1. The van der Waals surface area contributed by atoms with Crippen LogP contribution in [0.2, 0.25) is 5.02 Å². The van der Waals surface area contributed by atoms with Gasteiger partial charge in [0.15, 0.2) is 0 Å². The number of nitrogens with zero attached hydrogens (tertiary/aromatic N) is 1. The van der Waals surface area contributed by atoms with Crippen molar-refractivity contribution in [1.82, 2.24) is 5.32 Å². The molecular formula is C26H26ClN3O3. The van der Waals surface area contributed by atoms with Crippen molar-refractivity contribution in [2.45, 2.75) is 32.8 Å². The van der Waals surface area contributed by atoms with Crippen molar-refractivity contribution in [2.24, 2.45) is 5.16 Å². The summed E-state index contributed by atoms with van der Waals surface area (Å²) in [5.74, 6) is -0.573. The number of oxime groups is 1. The maximum absolute atomic E-state index is 12.2. The Morgan fingerprint density at radius 3 is 2.30 bits per heavy atom. The Hall–Kier alpha value is -3.64. The molecule has 1 unspecified atom stereocenters. The maximum atomic E-state index is 12.2. The van der Waals surface area contributed by atoms with Gasteiger partial charge in [-0.3, -0.25) is 10.1 Å². The van der Waals surface area contributed by atoms with E-state index in [1.165, 1.54) is 0 Å². The molecule has 0 saturated carbocycles. The summed E-state index contributed by atoms with van der Waals surface area (Å²) in [4.78, 5) is 30.1. The van der Waals surface area contributed by atoms with E-state index in [1.54, 1.807) is 36.4 Å². The van der Waals surface area contributed by atoms with Crippen molar-refractivity contribution in [1.29, 1.82) is 0 Å². The van der Waals surface area contributed by atoms with Gasteiger partial charge in [-0.2, -0.15) is 0 Å². The van der Waals surface area contributed by atoms with E-state index in [0.717, 1.165) is 29.7 Å². The molecule has 0 aliphatic heterocycles. The third kappa shape index (κ3) is 6.92. The Balaban J connectivity index is 1.58. The van der Waals surface area contributed by atoms with Crippen LogP contribution in [-0.4, -0.2) is 17.6 Å². The van der Waals surface area contributed by atoms with Crippen LogP contribution in [0.15, 0.2) is 84.0 Å². The second kappa shape index (κ2) is 11.8. The first-order valence-electron chi connectivity index (χ1n) is 10.7. The van der Waals surface area contributed by atoms with Gasteiger partial charge in [0.2, 0.25) is 0 Å². The lowest BCUT2D eigenvalue weighted by molar-refractivity contribution is 0.0720. The summed E-state index contributed by atoms with van der Waals surface area (Å²) in [6, 6.07) is 23.0. The SMILES string of the molecule is CCCC(=NOC(C)c1ccc(NC(=O)NC(=O)c2ccccc2Cl)cc1)c1ccccc1. The zero-order valence-electron chi connectivity index (χ0n) is 18.5. The standard InChI is InChI=1S/C26H26ClN3O3/c1-3-9-24(20-10-5-4-6-11-20)30-33-18(2)19-14-16-21(17-15-19)28-26(32)29-25(31)22-12-7-8-13-23(22)27/h4-8,10-18H,3,9H2,1-2H3,(H2,28,29,31,32). The summed E-state index contributed by atoms with van der Waals surface area (Å²) in [5, 5.41) is 9.57. The van der Waals surface area contributed by atoms with E-state index < -0.39 is 11.9 Å². The van der Waals surface area contributed by atoms with Gasteiger partial charge in [-0.05, 0) is 48.7 Å². The zero-order chi connectivity index (χ0) is 23.6. The quantitative estimate of drug-likeness (QED) is 0.292. The number of imide groups is 1. The summed E-state index contributed by atoms with van der Waals surface area (Å²) in [6.07, 6.45) is 1.51. The van der Waals surface area contributed by atoms with Gasteiger partial charge in [-0.15, -0.1) is 0 Å². The zero-order valence-corrected chi connectivity index (χ0v) is 19.3. The van der Waals surface area contributed by atoms with Crippen molar-refractivity contribution >= 4 is 34.9 Å². The van der Waals surface area contributed by atoms with Gasteiger partial charge in [0, 0.05) is 5.69 Å².